The number of ether oxygens (including phenoxy) is 1. The summed E-state index contributed by atoms with van der Waals surface area (Å²) in [6.07, 6.45) is 0.660. The van der Waals surface area contributed by atoms with E-state index >= 15 is 0 Å². The zero-order valence-corrected chi connectivity index (χ0v) is 14.1. The van der Waals surface area contributed by atoms with Crippen molar-refractivity contribution < 1.29 is 13.9 Å². The highest BCUT2D eigenvalue weighted by Gasteiger charge is 2.36. The number of hydrogen-bond donors (Lipinski definition) is 1. The van der Waals surface area contributed by atoms with Crippen LogP contribution < -0.4 is 10.5 Å². The molecule has 1 aliphatic rings. The summed E-state index contributed by atoms with van der Waals surface area (Å²) in [5, 5.41) is 0. The summed E-state index contributed by atoms with van der Waals surface area (Å²) in [6, 6.07) is 4.58. The molecule has 0 unspecified atom stereocenters. The Hall–Kier alpha value is -1.66. The van der Waals surface area contributed by atoms with Gasteiger partial charge in [0.15, 0.2) is 11.6 Å². The minimum Gasteiger partial charge on any atom is -0.494 e. The molecule has 2 rings (SSSR count). The van der Waals surface area contributed by atoms with Gasteiger partial charge in [-0.2, -0.15) is 0 Å². The summed E-state index contributed by atoms with van der Waals surface area (Å²) in [5.74, 6) is -0.0419. The van der Waals surface area contributed by atoms with Gasteiger partial charge in [-0.1, -0.05) is 6.07 Å². The number of benzene rings is 1. The van der Waals surface area contributed by atoms with Crippen molar-refractivity contribution in [2.75, 3.05) is 26.7 Å². The number of rotatable bonds is 6. The molecule has 1 aliphatic heterocycles. The molecule has 1 aromatic carbocycles. The van der Waals surface area contributed by atoms with Crippen LogP contribution in [0.2, 0.25) is 0 Å². The number of halogens is 1. The van der Waals surface area contributed by atoms with Crippen LogP contribution in [0.15, 0.2) is 18.2 Å². The van der Waals surface area contributed by atoms with Crippen molar-refractivity contribution in [2.24, 2.45) is 5.73 Å². The van der Waals surface area contributed by atoms with Crippen LogP contribution in [0.3, 0.4) is 0 Å². The number of amides is 1. The third-order valence-corrected chi connectivity index (χ3v) is 4.40. The van der Waals surface area contributed by atoms with Crippen LogP contribution in [0.5, 0.6) is 5.75 Å². The Morgan fingerprint density at radius 1 is 1.43 bits per heavy atom. The summed E-state index contributed by atoms with van der Waals surface area (Å²) in [4.78, 5) is 16.6. The van der Waals surface area contributed by atoms with E-state index in [9.17, 15) is 9.18 Å². The van der Waals surface area contributed by atoms with Crippen molar-refractivity contribution in [3.05, 3.63) is 29.6 Å². The maximum Gasteiger partial charge on any atom is 0.239 e. The molecule has 0 bridgehead atoms. The van der Waals surface area contributed by atoms with Gasteiger partial charge in [-0.3, -0.25) is 9.69 Å². The fourth-order valence-electron chi connectivity index (χ4n) is 3.15. The molecular weight excluding hydrogens is 297 g/mol. The predicted octanol–water partition coefficient (Wildman–Crippen LogP) is 1.60. The van der Waals surface area contributed by atoms with Gasteiger partial charge in [0, 0.05) is 32.2 Å². The van der Waals surface area contributed by atoms with Gasteiger partial charge in [-0.05, 0) is 38.0 Å². The van der Waals surface area contributed by atoms with Crippen molar-refractivity contribution in [1.29, 1.82) is 0 Å². The van der Waals surface area contributed by atoms with Crippen LogP contribution in [-0.4, -0.2) is 54.5 Å². The molecule has 23 heavy (non-hydrogen) atoms. The molecule has 1 aromatic rings. The lowest BCUT2D eigenvalue weighted by atomic mass is 10.1. The topological polar surface area (TPSA) is 58.8 Å². The zero-order valence-electron chi connectivity index (χ0n) is 14.1. The van der Waals surface area contributed by atoms with Crippen molar-refractivity contribution in [1.82, 2.24) is 9.80 Å². The molecular formula is C17H26FN3O2. The zero-order chi connectivity index (χ0) is 17.0. The molecule has 1 heterocycles. The lowest BCUT2D eigenvalue weighted by Crippen LogP contribution is -2.45. The molecule has 5 nitrogen and oxygen atoms in total. The standard InChI is InChI=1S/C17H26FN3O2/c1-4-20(5-2)17(22)15-9-13(19)11-21(15)10-12-6-7-14(18)16(8-12)23-3/h6-8,13,15H,4-5,9-11,19H2,1-3H3/t13-,15+/m1/s1. The minimum absolute atomic E-state index is 0.0122. The van der Waals surface area contributed by atoms with E-state index in [4.69, 9.17) is 10.5 Å². The SMILES string of the molecule is CCN(CC)C(=O)[C@@H]1C[C@@H](N)CN1Cc1ccc(F)c(OC)c1. The summed E-state index contributed by atoms with van der Waals surface area (Å²) in [7, 11) is 1.45. The van der Waals surface area contributed by atoms with Gasteiger partial charge in [-0.25, -0.2) is 4.39 Å². The molecule has 0 spiro atoms. The molecule has 6 heteroatoms. The highest BCUT2D eigenvalue weighted by molar-refractivity contribution is 5.82. The maximum absolute atomic E-state index is 13.5. The number of methoxy groups -OCH3 is 1. The van der Waals surface area contributed by atoms with E-state index in [0.29, 0.717) is 32.6 Å². The molecule has 1 fully saturated rings. The highest BCUT2D eigenvalue weighted by Crippen LogP contribution is 2.24. The average molecular weight is 323 g/mol. The molecule has 2 N–H and O–H groups in total. The van der Waals surface area contributed by atoms with Gasteiger partial charge in [-0.15, -0.1) is 0 Å². The van der Waals surface area contributed by atoms with Gasteiger partial charge in [0.05, 0.1) is 13.2 Å². The van der Waals surface area contributed by atoms with E-state index in [0.717, 1.165) is 5.56 Å². The van der Waals surface area contributed by atoms with Gasteiger partial charge >= 0.3 is 0 Å². The highest BCUT2D eigenvalue weighted by atomic mass is 19.1. The van der Waals surface area contributed by atoms with E-state index in [1.807, 2.05) is 18.7 Å². The van der Waals surface area contributed by atoms with Crippen LogP contribution >= 0.6 is 0 Å². The molecule has 0 aliphatic carbocycles. The summed E-state index contributed by atoms with van der Waals surface area (Å²) >= 11 is 0. The van der Waals surface area contributed by atoms with E-state index in [1.165, 1.54) is 13.2 Å². The molecule has 0 aromatic heterocycles. The second kappa shape index (κ2) is 7.75. The number of hydrogen-bond acceptors (Lipinski definition) is 4. The smallest absolute Gasteiger partial charge is 0.239 e. The summed E-state index contributed by atoms with van der Waals surface area (Å²) in [5.41, 5.74) is 6.98. The van der Waals surface area contributed by atoms with Crippen LogP contribution in [0.1, 0.15) is 25.8 Å². The molecule has 2 atom stereocenters. The Labute approximate surface area is 137 Å². The second-order valence-electron chi connectivity index (χ2n) is 5.92. The first-order valence-corrected chi connectivity index (χ1v) is 8.10. The summed E-state index contributed by atoms with van der Waals surface area (Å²) in [6.45, 7) is 6.56. The summed E-state index contributed by atoms with van der Waals surface area (Å²) < 4.78 is 18.6. The van der Waals surface area contributed by atoms with Gasteiger partial charge < -0.3 is 15.4 Å². The van der Waals surface area contributed by atoms with E-state index in [-0.39, 0.29) is 29.6 Å². The Balaban J connectivity index is 2.15. The Kier molecular flexibility index (Phi) is 5.96. The largest absolute Gasteiger partial charge is 0.494 e. The number of carbonyl (C=O) groups is 1. The third kappa shape index (κ3) is 4.00. The van der Waals surface area contributed by atoms with Crippen LogP contribution in [0.4, 0.5) is 4.39 Å². The monoisotopic (exact) mass is 323 g/mol. The van der Waals surface area contributed by atoms with Crippen LogP contribution in [0.25, 0.3) is 0 Å². The first-order chi connectivity index (χ1) is 11.0. The van der Waals surface area contributed by atoms with Crippen molar-refractivity contribution in [3.8, 4) is 5.75 Å². The molecule has 0 radical (unpaired) electrons. The number of likely N-dealkylation sites (N-methyl/N-ethyl adjacent to an activating group) is 1. The van der Waals surface area contributed by atoms with Crippen molar-refractivity contribution >= 4 is 5.91 Å². The van der Waals surface area contributed by atoms with E-state index in [2.05, 4.69) is 4.90 Å². The molecule has 128 valence electrons. The molecule has 0 saturated carbocycles. The lowest BCUT2D eigenvalue weighted by Gasteiger charge is -2.28. The third-order valence-electron chi connectivity index (χ3n) is 4.40. The van der Waals surface area contributed by atoms with Crippen LogP contribution in [0, 0.1) is 5.82 Å². The van der Waals surface area contributed by atoms with Crippen molar-refractivity contribution in [3.63, 3.8) is 0 Å². The molecule has 1 saturated heterocycles. The normalized spacial score (nSPS) is 21.4. The van der Waals surface area contributed by atoms with Gasteiger partial charge in [0.2, 0.25) is 5.91 Å². The number of carbonyl (C=O) groups excluding carboxylic acids is 1. The minimum atomic E-state index is -0.384. The van der Waals surface area contributed by atoms with Gasteiger partial charge in [0.25, 0.3) is 0 Å². The first kappa shape index (κ1) is 17.7. The van der Waals surface area contributed by atoms with Crippen LogP contribution in [-0.2, 0) is 11.3 Å². The fraction of sp³-hybridized carbons (Fsp3) is 0.588. The lowest BCUT2D eigenvalue weighted by molar-refractivity contribution is -0.135. The second-order valence-corrected chi connectivity index (χ2v) is 5.92. The number of nitrogens with zero attached hydrogens (tertiary/aromatic N) is 2. The van der Waals surface area contributed by atoms with E-state index < -0.39 is 0 Å². The molecule has 1 amide bonds. The maximum atomic E-state index is 13.5. The predicted molar refractivity (Wildman–Crippen MR) is 87.7 cm³/mol. The number of likely N-dealkylation sites (tertiary alicyclic amines) is 1. The van der Waals surface area contributed by atoms with Gasteiger partial charge in [0.1, 0.15) is 0 Å². The van der Waals surface area contributed by atoms with Crippen molar-refractivity contribution in [2.45, 2.75) is 38.9 Å². The fourth-order valence-corrected chi connectivity index (χ4v) is 3.15. The first-order valence-electron chi connectivity index (χ1n) is 8.10. The Morgan fingerprint density at radius 2 is 2.13 bits per heavy atom. The Bertz CT molecular complexity index is 549. The average Bonchev–Trinajstić information content (AvgIpc) is 2.90. The number of nitrogens with two attached hydrogens (primary N) is 1. The Morgan fingerprint density at radius 3 is 2.74 bits per heavy atom. The quantitative estimate of drug-likeness (QED) is 0.864. The van der Waals surface area contributed by atoms with E-state index in [1.54, 1.807) is 12.1 Å².